The average Bonchev–Trinajstić information content (AvgIpc) is 3.24. The number of amides is 2. The Labute approximate surface area is 164 Å². The third-order valence-corrected chi connectivity index (χ3v) is 4.56. The van der Waals surface area contributed by atoms with Crippen molar-refractivity contribution in [3.05, 3.63) is 83.7 Å². The van der Waals surface area contributed by atoms with Crippen LogP contribution in [0.1, 0.15) is 28.4 Å². The molecular formula is C22H23N3O3. The monoisotopic (exact) mass is 377 g/mol. The van der Waals surface area contributed by atoms with E-state index in [4.69, 9.17) is 4.74 Å². The van der Waals surface area contributed by atoms with E-state index in [2.05, 4.69) is 10.9 Å². The lowest BCUT2D eigenvalue weighted by Gasteiger charge is -2.17. The van der Waals surface area contributed by atoms with Crippen molar-refractivity contribution in [3.63, 3.8) is 0 Å². The molecule has 2 N–H and O–H groups in total. The Balaban J connectivity index is 1.55. The van der Waals surface area contributed by atoms with Crippen molar-refractivity contribution in [2.45, 2.75) is 26.9 Å². The number of aryl methyl sites for hydroxylation is 1. The van der Waals surface area contributed by atoms with Crippen LogP contribution < -0.4 is 15.6 Å². The van der Waals surface area contributed by atoms with Gasteiger partial charge in [0.2, 0.25) is 0 Å². The Kier molecular flexibility index (Phi) is 5.79. The molecule has 0 aliphatic heterocycles. The minimum absolute atomic E-state index is 0.397. The van der Waals surface area contributed by atoms with Crippen molar-refractivity contribution in [1.82, 2.24) is 15.4 Å². The van der Waals surface area contributed by atoms with E-state index in [0.29, 0.717) is 11.3 Å². The molecule has 0 aliphatic carbocycles. The number of rotatable bonds is 5. The first-order valence-electron chi connectivity index (χ1n) is 9.02. The Morgan fingerprint density at radius 2 is 1.61 bits per heavy atom. The van der Waals surface area contributed by atoms with E-state index in [0.717, 1.165) is 16.8 Å². The zero-order valence-corrected chi connectivity index (χ0v) is 16.1. The van der Waals surface area contributed by atoms with Crippen LogP contribution in [0.2, 0.25) is 0 Å². The zero-order chi connectivity index (χ0) is 20.1. The van der Waals surface area contributed by atoms with Gasteiger partial charge >= 0.3 is 0 Å². The fourth-order valence-corrected chi connectivity index (χ4v) is 2.68. The summed E-state index contributed by atoms with van der Waals surface area (Å²) >= 11 is 0. The summed E-state index contributed by atoms with van der Waals surface area (Å²) in [5.41, 5.74) is 8.28. The van der Waals surface area contributed by atoms with Crippen LogP contribution in [0.15, 0.2) is 67.0 Å². The van der Waals surface area contributed by atoms with Crippen LogP contribution in [-0.2, 0) is 4.79 Å². The summed E-state index contributed by atoms with van der Waals surface area (Å²) in [7, 11) is 0. The molecule has 0 saturated heterocycles. The van der Waals surface area contributed by atoms with Crippen LogP contribution in [0.3, 0.4) is 0 Å². The molecule has 144 valence electrons. The molecule has 0 fully saturated rings. The SMILES string of the molecule is Cc1cccc(OC(C)C(=O)NNC(=O)c2ccc(-n3cccc3)cc2)c1C. The maximum absolute atomic E-state index is 12.3. The van der Waals surface area contributed by atoms with Crippen molar-refractivity contribution in [1.29, 1.82) is 0 Å². The highest BCUT2D eigenvalue weighted by Crippen LogP contribution is 2.21. The second-order valence-electron chi connectivity index (χ2n) is 6.54. The molecule has 1 heterocycles. The number of nitrogens with one attached hydrogen (secondary N) is 2. The van der Waals surface area contributed by atoms with Crippen LogP contribution in [0, 0.1) is 13.8 Å². The highest BCUT2D eigenvalue weighted by Gasteiger charge is 2.17. The van der Waals surface area contributed by atoms with Crippen LogP contribution in [0.5, 0.6) is 5.75 Å². The summed E-state index contributed by atoms with van der Waals surface area (Å²) in [4.78, 5) is 24.5. The number of carbonyl (C=O) groups excluding carboxylic acids is 2. The topological polar surface area (TPSA) is 72.4 Å². The van der Waals surface area contributed by atoms with Gasteiger partial charge < -0.3 is 9.30 Å². The molecule has 1 unspecified atom stereocenters. The molecule has 0 radical (unpaired) electrons. The van der Waals surface area contributed by atoms with Gasteiger partial charge in [-0.3, -0.25) is 20.4 Å². The van der Waals surface area contributed by atoms with E-state index in [1.54, 1.807) is 19.1 Å². The Morgan fingerprint density at radius 3 is 2.29 bits per heavy atom. The molecule has 28 heavy (non-hydrogen) atoms. The number of hydrazine groups is 1. The second-order valence-corrected chi connectivity index (χ2v) is 6.54. The Morgan fingerprint density at radius 1 is 0.929 bits per heavy atom. The van der Waals surface area contributed by atoms with E-state index in [1.807, 2.05) is 73.3 Å². The van der Waals surface area contributed by atoms with Gasteiger partial charge in [0.05, 0.1) is 0 Å². The van der Waals surface area contributed by atoms with E-state index < -0.39 is 17.9 Å². The molecule has 0 saturated carbocycles. The van der Waals surface area contributed by atoms with Crippen LogP contribution >= 0.6 is 0 Å². The van der Waals surface area contributed by atoms with Gasteiger partial charge in [0, 0.05) is 23.6 Å². The van der Waals surface area contributed by atoms with Gasteiger partial charge in [-0.05, 0) is 74.4 Å². The average molecular weight is 377 g/mol. The predicted molar refractivity (Wildman–Crippen MR) is 107 cm³/mol. The molecule has 1 aromatic heterocycles. The molecule has 0 aliphatic rings. The van der Waals surface area contributed by atoms with Crippen molar-refractivity contribution >= 4 is 11.8 Å². The zero-order valence-electron chi connectivity index (χ0n) is 16.1. The van der Waals surface area contributed by atoms with Gasteiger partial charge in [0.15, 0.2) is 6.10 Å². The summed E-state index contributed by atoms with van der Waals surface area (Å²) in [6, 6.07) is 16.6. The molecule has 6 heteroatoms. The molecular weight excluding hydrogens is 354 g/mol. The number of benzene rings is 2. The summed E-state index contributed by atoms with van der Waals surface area (Å²) in [5, 5.41) is 0. The first-order chi connectivity index (χ1) is 13.5. The lowest BCUT2D eigenvalue weighted by Crippen LogP contribution is -2.47. The normalized spacial score (nSPS) is 11.5. The molecule has 2 amide bonds. The molecule has 0 bridgehead atoms. The van der Waals surface area contributed by atoms with E-state index in [1.165, 1.54) is 0 Å². The number of ether oxygens (including phenoxy) is 1. The number of carbonyl (C=O) groups is 2. The van der Waals surface area contributed by atoms with Gasteiger partial charge in [-0.15, -0.1) is 0 Å². The summed E-state index contributed by atoms with van der Waals surface area (Å²) in [6.45, 7) is 5.55. The fraction of sp³-hybridized carbons (Fsp3) is 0.182. The molecule has 6 nitrogen and oxygen atoms in total. The van der Waals surface area contributed by atoms with Crippen LogP contribution in [0.4, 0.5) is 0 Å². The van der Waals surface area contributed by atoms with Crippen molar-refractivity contribution in [2.75, 3.05) is 0 Å². The quantitative estimate of drug-likeness (QED) is 0.670. The maximum Gasteiger partial charge on any atom is 0.279 e. The lowest BCUT2D eigenvalue weighted by atomic mass is 10.1. The Hall–Kier alpha value is -3.54. The smallest absolute Gasteiger partial charge is 0.279 e. The standard InChI is InChI=1S/C22H23N3O3/c1-15-7-6-8-20(16(15)2)28-17(3)21(26)23-24-22(27)18-9-11-19(12-10-18)25-13-4-5-14-25/h4-14,17H,1-3H3,(H,23,26)(H,24,27). The lowest BCUT2D eigenvalue weighted by molar-refractivity contribution is -0.128. The van der Waals surface area contributed by atoms with Gasteiger partial charge in [0.1, 0.15) is 5.75 Å². The number of aromatic nitrogens is 1. The summed E-state index contributed by atoms with van der Waals surface area (Å²) < 4.78 is 7.66. The summed E-state index contributed by atoms with van der Waals surface area (Å²) in [5.74, 6) is -0.181. The van der Waals surface area contributed by atoms with E-state index >= 15 is 0 Å². The molecule has 2 aromatic carbocycles. The van der Waals surface area contributed by atoms with E-state index in [-0.39, 0.29) is 0 Å². The van der Waals surface area contributed by atoms with Gasteiger partial charge in [0.25, 0.3) is 11.8 Å². The highest BCUT2D eigenvalue weighted by atomic mass is 16.5. The Bertz CT molecular complexity index is 963. The summed E-state index contributed by atoms with van der Waals surface area (Å²) in [6.07, 6.45) is 3.09. The number of hydrogen-bond acceptors (Lipinski definition) is 3. The molecule has 1 atom stereocenters. The largest absolute Gasteiger partial charge is 0.481 e. The molecule has 3 rings (SSSR count). The van der Waals surface area contributed by atoms with Crippen LogP contribution in [0.25, 0.3) is 5.69 Å². The highest BCUT2D eigenvalue weighted by molar-refractivity contribution is 5.95. The third-order valence-electron chi connectivity index (χ3n) is 4.56. The van der Waals surface area contributed by atoms with Gasteiger partial charge in [-0.1, -0.05) is 12.1 Å². The minimum atomic E-state index is -0.753. The predicted octanol–water partition coefficient (Wildman–Crippen LogP) is 3.32. The fourth-order valence-electron chi connectivity index (χ4n) is 2.68. The van der Waals surface area contributed by atoms with Crippen molar-refractivity contribution < 1.29 is 14.3 Å². The first-order valence-corrected chi connectivity index (χ1v) is 9.02. The van der Waals surface area contributed by atoms with Gasteiger partial charge in [-0.2, -0.15) is 0 Å². The van der Waals surface area contributed by atoms with Crippen LogP contribution in [-0.4, -0.2) is 22.5 Å². The van der Waals surface area contributed by atoms with Crippen molar-refractivity contribution in [2.24, 2.45) is 0 Å². The van der Waals surface area contributed by atoms with Gasteiger partial charge in [-0.25, -0.2) is 0 Å². The number of hydrogen-bond donors (Lipinski definition) is 2. The third kappa shape index (κ3) is 4.40. The molecule has 0 spiro atoms. The molecule has 3 aromatic rings. The first kappa shape index (κ1) is 19.2. The minimum Gasteiger partial charge on any atom is -0.481 e. The maximum atomic E-state index is 12.3. The van der Waals surface area contributed by atoms with E-state index in [9.17, 15) is 9.59 Å². The number of nitrogens with zero attached hydrogens (tertiary/aromatic N) is 1. The van der Waals surface area contributed by atoms with Crippen molar-refractivity contribution in [3.8, 4) is 11.4 Å². The second kappa shape index (κ2) is 8.43.